The molecule has 1 aromatic rings. The summed E-state index contributed by atoms with van der Waals surface area (Å²) < 4.78 is 0. The Balaban J connectivity index is 0. The number of nitrogens with zero attached hydrogens (tertiary/aromatic N) is 2. The average molecular weight is 575 g/mol. The number of nitrogens with two attached hydrogens (primary N) is 2. The largest absolute Gasteiger partial charge is 0.660 e. The first-order valence-corrected chi connectivity index (χ1v) is 9.83. The SMILES string of the molecule is CC.NC(=O)C(=O)/C=C(\N)CCO.[W].c1ccc(CCCN2CC[N-]CC2)cc1. The molecule has 0 spiro atoms. The first-order valence-electron chi connectivity index (χ1n) is 9.83. The molecule has 1 aliphatic rings. The second-order valence-electron chi connectivity index (χ2n) is 6.02. The van der Waals surface area contributed by atoms with Gasteiger partial charge in [-0.05, 0) is 38.0 Å². The van der Waals surface area contributed by atoms with Crippen molar-refractivity contribution in [2.45, 2.75) is 33.1 Å². The van der Waals surface area contributed by atoms with Crippen LogP contribution < -0.4 is 11.5 Å². The van der Waals surface area contributed by atoms with Crippen molar-refractivity contribution in [1.82, 2.24) is 4.90 Å². The number of hydrogen-bond donors (Lipinski definition) is 3. The number of hydrogen-bond acceptors (Lipinski definition) is 5. The Morgan fingerprint density at radius 1 is 1.14 bits per heavy atom. The number of aryl methyl sites for hydroxylation is 1. The first kappa shape index (κ1) is 29.7. The first-order chi connectivity index (χ1) is 13.5. The van der Waals surface area contributed by atoms with Crippen molar-refractivity contribution in [1.29, 1.82) is 0 Å². The van der Waals surface area contributed by atoms with Gasteiger partial charge in [0.15, 0.2) is 0 Å². The molecule has 1 aliphatic heterocycles. The Morgan fingerprint density at radius 2 is 1.72 bits per heavy atom. The van der Waals surface area contributed by atoms with Crippen LogP contribution in [0.15, 0.2) is 42.1 Å². The molecule has 2 rings (SSSR count). The van der Waals surface area contributed by atoms with Gasteiger partial charge < -0.3 is 26.8 Å². The molecule has 0 aromatic heterocycles. The van der Waals surface area contributed by atoms with E-state index in [-0.39, 0.29) is 39.8 Å². The number of benzene rings is 1. The number of aliphatic hydroxyl groups excluding tert-OH is 1. The van der Waals surface area contributed by atoms with Gasteiger partial charge in [-0.2, -0.15) is 0 Å². The summed E-state index contributed by atoms with van der Waals surface area (Å²) in [4.78, 5) is 23.2. The third-order valence-electron chi connectivity index (χ3n) is 3.89. The van der Waals surface area contributed by atoms with Crippen molar-refractivity contribution in [3.05, 3.63) is 53.0 Å². The molecule has 7 nitrogen and oxygen atoms in total. The molecule has 1 fully saturated rings. The van der Waals surface area contributed by atoms with Gasteiger partial charge in [-0.15, -0.1) is 13.1 Å². The van der Waals surface area contributed by atoms with Crippen molar-refractivity contribution in [2.75, 3.05) is 39.3 Å². The van der Waals surface area contributed by atoms with Gasteiger partial charge >= 0.3 is 0 Å². The summed E-state index contributed by atoms with van der Waals surface area (Å²) in [5.74, 6) is -1.90. The summed E-state index contributed by atoms with van der Waals surface area (Å²) in [6, 6.07) is 10.7. The van der Waals surface area contributed by atoms with Crippen LogP contribution in [0.1, 0.15) is 32.3 Å². The van der Waals surface area contributed by atoms with Gasteiger partial charge in [-0.1, -0.05) is 44.2 Å². The second kappa shape index (κ2) is 19.8. The van der Waals surface area contributed by atoms with E-state index in [0.717, 1.165) is 32.3 Å². The van der Waals surface area contributed by atoms with E-state index in [1.807, 2.05) is 13.8 Å². The minimum Gasteiger partial charge on any atom is -0.660 e. The van der Waals surface area contributed by atoms with Crippen LogP contribution in [0.4, 0.5) is 0 Å². The van der Waals surface area contributed by atoms with Crippen LogP contribution in [0.3, 0.4) is 0 Å². The number of aliphatic hydroxyl groups is 1. The van der Waals surface area contributed by atoms with Gasteiger partial charge in [-0.25, -0.2) is 0 Å². The Bertz CT molecular complexity index is 577. The zero-order valence-corrected chi connectivity index (χ0v) is 20.5. The van der Waals surface area contributed by atoms with E-state index in [1.54, 1.807) is 0 Å². The molecule has 5 N–H and O–H groups in total. The summed E-state index contributed by atoms with van der Waals surface area (Å²) in [6.45, 7) is 9.46. The van der Waals surface area contributed by atoms with Crippen molar-refractivity contribution in [3.8, 4) is 0 Å². The van der Waals surface area contributed by atoms with Crippen LogP contribution in [0.25, 0.3) is 5.32 Å². The van der Waals surface area contributed by atoms with Gasteiger partial charge in [0.05, 0.1) is 0 Å². The molecule has 1 amide bonds. The van der Waals surface area contributed by atoms with E-state index in [4.69, 9.17) is 10.8 Å². The number of rotatable bonds is 8. The minimum absolute atomic E-state index is 0. The maximum atomic E-state index is 10.5. The van der Waals surface area contributed by atoms with E-state index in [9.17, 15) is 9.59 Å². The molecule has 0 bridgehead atoms. The Kier molecular flexibility index (Phi) is 20.2. The molecule has 0 atom stereocenters. The van der Waals surface area contributed by atoms with Crippen molar-refractivity contribution in [3.63, 3.8) is 0 Å². The molecule has 1 heterocycles. The molecular weight excluding hydrogens is 540 g/mol. The average Bonchev–Trinajstić information content (AvgIpc) is 2.72. The molecule has 164 valence electrons. The molecule has 0 aliphatic carbocycles. The van der Waals surface area contributed by atoms with E-state index < -0.39 is 11.7 Å². The zero-order valence-electron chi connectivity index (χ0n) is 17.5. The fourth-order valence-electron chi connectivity index (χ4n) is 2.46. The van der Waals surface area contributed by atoms with Gasteiger partial charge in [0.2, 0.25) is 5.78 Å². The molecule has 0 unspecified atom stereocenters. The van der Waals surface area contributed by atoms with Gasteiger partial charge in [0.1, 0.15) is 0 Å². The summed E-state index contributed by atoms with van der Waals surface area (Å²) in [5.41, 5.74) is 11.4. The van der Waals surface area contributed by atoms with E-state index >= 15 is 0 Å². The molecule has 1 aromatic carbocycles. The van der Waals surface area contributed by atoms with Gasteiger partial charge in [-0.3, -0.25) is 9.59 Å². The Hall–Kier alpha value is -1.53. The zero-order chi connectivity index (χ0) is 21.2. The summed E-state index contributed by atoms with van der Waals surface area (Å²) in [5, 5.41) is 12.7. The predicted molar refractivity (Wildman–Crippen MR) is 114 cm³/mol. The summed E-state index contributed by atoms with van der Waals surface area (Å²) in [7, 11) is 0. The van der Waals surface area contributed by atoms with E-state index in [1.165, 1.54) is 24.9 Å². The van der Waals surface area contributed by atoms with Gasteiger partial charge in [0, 0.05) is 45.9 Å². The van der Waals surface area contributed by atoms with Crippen LogP contribution in [0.2, 0.25) is 0 Å². The topological polar surface area (TPSA) is 124 Å². The minimum atomic E-state index is -1.05. The van der Waals surface area contributed by atoms with Crippen LogP contribution in [-0.2, 0) is 37.1 Å². The number of carbonyl (C=O) groups is 2. The quantitative estimate of drug-likeness (QED) is 0.321. The predicted octanol–water partition coefficient (Wildman–Crippen LogP) is 1.60. The van der Waals surface area contributed by atoms with Crippen LogP contribution in [0, 0.1) is 0 Å². The van der Waals surface area contributed by atoms with E-state index in [2.05, 4.69) is 46.3 Å². The van der Waals surface area contributed by atoms with Crippen LogP contribution in [0.5, 0.6) is 0 Å². The molecule has 1 saturated heterocycles. The fraction of sp³-hybridized carbons (Fsp3) is 0.524. The van der Waals surface area contributed by atoms with Gasteiger partial charge in [0.25, 0.3) is 5.91 Å². The second-order valence-corrected chi connectivity index (χ2v) is 6.02. The van der Waals surface area contributed by atoms with Crippen molar-refractivity contribution < 1.29 is 35.8 Å². The molecular formula is C21H35N4O3W-. The standard InChI is InChI=1S/C13H19N2.C6H10N2O3.C2H6.W/c1-2-5-13(6-3-1)7-4-10-15-11-8-14-9-12-15;7-4(1-2-9)3-5(10)6(8)11;1-2;/h1-3,5-6H,4,7-12H2;3,9H,1-2,7H2,(H2,8,11);1-2H3;/q-1;;;/b;4-3-;;. The number of ketones is 1. The van der Waals surface area contributed by atoms with Crippen molar-refractivity contribution in [2.24, 2.45) is 11.5 Å². The molecule has 8 heteroatoms. The Labute approximate surface area is 189 Å². The fourth-order valence-corrected chi connectivity index (χ4v) is 2.46. The number of carbonyl (C=O) groups excluding carboxylic acids is 2. The summed E-state index contributed by atoms with van der Waals surface area (Å²) in [6.07, 6.45) is 3.55. The van der Waals surface area contributed by atoms with Crippen molar-refractivity contribution >= 4 is 11.7 Å². The monoisotopic (exact) mass is 575 g/mol. The third-order valence-corrected chi connectivity index (χ3v) is 3.89. The van der Waals surface area contributed by atoms with Crippen LogP contribution >= 0.6 is 0 Å². The molecule has 0 radical (unpaired) electrons. The number of amides is 1. The smallest absolute Gasteiger partial charge is 0.289 e. The number of primary amides is 1. The van der Waals surface area contributed by atoms with Crippen LogP contribution in [-0.4, -0.2) is 61.0 Å². The normalized spacial score (nSPS) is 13.7. The maximum Gasteiger partial charge on any atom is 0.289 e. The Morgan fingerprint density at radius 3 is 2.24 bits per heavy atom. The number of piperazine rings is 1. The maximum absolute atomic E-state index is 10.5. The summed E-state index contributed by atoms with van der Waals surface area (Å²) >= 11 is 0. The van der Waals surface area contributed by atoms with E-state index in [0.29, 0.717) is 0 Å². The molecule has 0 saturated carbocycles. The third kappa shape index (κ3) is 16.0. The molecule has 29 heavy (non-hydrogen) atoms.